The van der Waals surface area contributed by atoms with E-state index < -0.39 is 17.8 Å². The maximum atomic E-state index is 12.6. The summed E-state index contributed by atoms with van der Waals surface area (Å²) in [4.78, 5) is 64.8. The summed E-state index contributed by atoms with van der Waals surface area (Å²) >= 11 is 0. The normalized spacial score (nSPS) is 15.8. The van der Waals surface area contributed by atoms with E-state index in [-0.39, 0.29) is 29.1 Å². The van der Waals surface area contributed by atoms with Crippen molar-refractivity contribution in [3.8, 4) is 11.8 Å². The smallest absolute Gasteiger partial charge is 0.356 e. The highest BCUT2D eigenvalue weighted by Crippen LogP contribution is 2.28. The van der Waals surface area contributed by atoms with Gasteiger partial charge in [-0.25, -0.2) is 9.78 Å². The van der Waals surface area contributed by atoms with E-state index in [1.807, 2.05) is 24.8 Å². The van der Waals surface area contributed by atoms with Gasteiger partial charge >= 0.3 is 5.97 Å². The molecule has 1 saturated heterocycles. The molecule has 3 aromatic rings. The van der Waals surface area contributed by atoms with Gasteiger partial charge in [0.1, 0.15) is 0 Å². The van der Waals surface area contributed by atoms with Crippen LogP contribution in [-0.2, 0) is 22.7 Å². The number of carboxylic acids is 1. The maximum absolute atomic E-state index is 12.6. The van der Waals surface area contributed by atoms with E-state index in [0.717, 1.165) is 11.1 Å². The van der Waals surface area contributed by atoms with Crippen molar-refractivity contribution in [2.24, 2.45) is 0 Å². The van der Waals surface area contributed by atoms with Gasteiger partial charge in [0, 0.05) is 43.4 Å². The predicted octanol–water partition coefficient (Wildman–Crippen LogP) is 1.74. The molecule has 0 bridgehead atoms. The number of imide groups is 2. The first-order valence-corrected chi connectivity index (χ1v) is 13.5. The summed E-state index contributed by atoms with van der Waals surface area (Å²) in [6.07, 6.45) is 2.16. The minimum absolute atomic E-state index is 0.0848. The molecule has 43 heavy (non-hydrogen) atoms. The number of fused-ring (bicyclic) bond motifs is 1. The van der Waals surface area contributed by atoms with E-state index >= 15 is 0 Å². The van der Waals surface area contributed by atoms with Crippen LogP contribution in [0.1, 0.15) is 69.0 Å². The van der Waals surface area contributed by atoms with Crippen LogP contribution in [0.15, 0.2) is 48.7 Å². The number of benzene rings is 1. The minimum atomic E-state index is -1.09. The molecular formula is C29H30N6O8. The van der Waals surface area contributed by atoms with Gasteiger partial charge in [0.15, 0.2) is 5.69 Å². The van der Waals surface area contributed by atoms with Crippen LogP contribution in [0.2, 0.25) is 0 Å². The first-order valence-electron chi connectivity index (χ1n) is 13.5. The Morgan fingerprint density at radius 1 is 0.930 bits per heavy atom. The zero-order chi connectivity index (χ0) is 30.9. The molecule has 1 fully saturated rings. The highest BCUT2D eigenvalue weighted by molar-refractivity contribution is 6.10. The van der Waals surface area contributed by atoms with Crippen LogP contribution >= 0.6 is 0 Å². The van der Waals surface area contributed by atoms with E-state index in [9.17, 15) is 24.0 Å². The van der Waals surface area contributed by atoms with Crippen LogP contribution in [0.25, 0.3) is 0 Å². The number of piperidine rings is 1. The number of hydrogen-bond acceptors (Lipinski definition) is 11. The number of aromatic nitrogens is 3. The fourth-order valence-electron chi connectivity index (χ4n) is 4.47. The fraction of sp³-hybridized carbons (Fsp3) is 0.310. The standard InChI is InChI=1S/C22H22N4O5.C7H8N2O3/c1-2-31-19-8-5-14(10-23-19)21(29)25-20(28)13-3-4-15-11-26(12-16(15)9-13)17-6-7-18(27)24-22(17)30;1-2-12-6-4-3-5(7(10)11)8-9-6/h3-5,8-10,17H,2,6-7,11-12H2,1H3,(H,24,27,30)(H,25,28,29);3-4H,2H2,1H3,(H,10,11). The van der Waals surface area contributed by atoms with Gasteiger partial charge in [0.05, 0.1) is 24.8 Å². The Bertz CT molecular complexity index is 1510. The second kappa shape index (κ2) is 14.1. The summed E-state index contributed by atoms with van der Waals surface area (Å²) in [5.74, 6) is -1.94. The lowest BCUT2D eigenvalue weighted by Gasteiger charge is -2.29. The van der Waals surface area contributed by atoms with Crippen molar-refractivity contribution in [2.45, 2.75) is 45.8 Å². The summed E-state index contributed by atoms with van der Waals surface area (Å²) in [5.41, 5.74) is 2.47. The number of carboxylic acid groups (broad SMARTS) is 1. The Kier molecular flexibility index (Phi) is 10.1. The first-order chi connectivity index (χ1) is 20.7. The number of carbonyl (C=O) groups is 5. The molecule has 0 spiro atoms. The number of aromatic carboxylic acids is 1. The van der Waals surface area contributed by atoms with Crippen molar-refractivity contribution in [3.63, 3.8) is 0 Å². The van der Waals surface area contributed by atoms with Crippen LogP contribution in [0.3, 0.4) is 0 Å². The molecule has 2 aliphatic rings. The number of ether oxygens (including phenoxy) is 2. The van der Waals surface area contributed by atoms with E-state index in [0.29, 0.717) is 56.5 Å². The average molecular weight is 591 g/mol. The van der Waals surface area contributed by atoms with Crippen LogP contribution in [0, 0.1) is 0 Å². The Labute approximate surface area is 246 Å². The van der Waals surface area contributed by atoms with Crippen LogP contribution in [-0.4, -0.2) is 74.0 Å². The highest BCUT2D eigenvalue weighted by Gasteiger charge is 2.34. The van der Waals surface area contributed by atoms with Crippen molar-refractivity contribution in [1.82, 2.24) is 30.7 Å². The van der Waals surface area contributed by atoms with Gasteiger partial charge < -0.3 is 14.6 Å². The van der Waals surface area contributed by atoms with E-state index in [2.05, 4.69) is 25.8 Å². The van der Waals surface area contributed by atoms with Crippen molar-refractivity contribution in [2.75, 3.05) is 13.2 Å². The largest absolute Gasteiger partial charge is 0.478 e. The summed E-state index contributed by atoms with van der Waals surface area (Å²) < 4.78 is 10.2. The topological polar surface area (TPSA) is 190 Å². The molecule has 0 saturated carbocycles. The fourth-order valence-corrected chi connectivity index (χ4v) is 4.47. The van der Waals surface area contributed by atoms with Crippen LogP contribution in [0.4, 0.5) is 0 Å². The number of hydrogen-bond donors (Lipinski definition) is 3. The van der Waals surface area contributed by atoms with E-state index in [1.54, 1.807) is 24.3 Å². The molecule has 224 valence electrons. The van der Waals surface area contributed by atoms with Crippen molar-refractivity contribution in [1.29, 1.82) is 0 Å². The molecule has 2 aromatic heterocycles. The SMILES string of the molecule is CCOc1ccc(C(=O)NC(=O)c2ccc3c(c2)CN(C2CCC(=O)NC2=O)C3)cn1.CCOc1ccc(C(=O)O)nn1. The van der Waals surface area contributed by atoms with Gasteiger partial charge in [-0.1, -0.05) is 6.07 Å². The van der Waals surface area contributed by atoms with Crippen molar-refractivity contribution in [3.05, 3.63) is 76.6 Å². The lowest BCUT2D eigenvalue weighted by molar-refractivity contribution is -0.137. The second-order valence-corrected chi connectivity index (χ2v) is 9.45. The van der Waals surface area contributed by atoms with Gasteiger partial charge in [-0.15, -0.1) is 10.2 Å². The molecule has 14 heteroatoms. The zero-order valence-corrected chi connectivity index (χ0v) is 23.5. The summed E-state index contributed by atoms with van der Waals surface area (Å²) in [6, 6.07) is 10.8. The maximum Gasteiger partial charge on any atom is 0.356 e. The molecule has 1 atom stereocenters. The first kappa shape index (κ1) is 30.7. The molecule has 0 aliphatic carbocycles. The number of nitrogens with zero attached hydrogens (tertiary/aromatic N) is 4. The third-order valence-electron chi connectivity index (χ3n) is 6.54. The third kappa shape index (κ3) is 7.95. The molecule has 1 aromatic carbocycles. The predicted molar refractivity (Wildman–Crippen MR) is 149 cm³/mol. The van der Waals surface area contributed by atoms with Gasteiger partial charge in [-0.3, -0.25) is 34.7 Å². The minimum Gasteiger partial charge on any atom is -0.478 e. The number of amides is 4. The molecule has 4 heterocycles. The Morgan fingerprint density at radius 3 is 2.23 bits per heavy atom. The molecule has 3 N–H and O–H groups in total. The van der Waals surface area contributed by atoms with Gasteiger partial charge in [0.2, 0.25) is 23.6 Å². The van der Waals surface area contributed by atoms with Crippen molar-refractivity contribution >= 4 is 29.6 Å². The summed E-state index contributed by atoms with van der Waals surface area (Å²) in [5, 5.41) is 20.2. The lowest BCUT2D eigenvalue weighted by atomic mass is 10.0. The quantitative estimate of drug-likeness (QED) is 0.323. The number of pyridine rings is 1. The highest BCUT2D eigenvalue weighted by atomic mass is 16.5. The van der Waals surface area contributed by atoms with Crippen LogP contribution in [0.5, 0.6) is 11.8 Å². The molecule has 0 radical (unpaired) electrons. The molecule has 2 aliphatic heterocycles. The molecule has 1 unspecified atom stereocenters. The summed E-state index contributed by atoms with van der Waals surface area (Å²) in [7, 11) is 0. The van der Waals surface area contributed by atoms with Gasteiger partial charge in [-0.05, 0) is 55.7 Å². The van der Waals surface area contributed by atoms with Gasteiger partial charge in [-0.2, -0.15) is 0 Å². The van der Waals surface area contributed by atoms with Gasteiger partial charge in [0.25, 0.3) is 11.8 Å². The molecule has 5 rings (SSSR count). The average Bonchev–Trinajstić information content (AvgIpc) is 3.41. The Balaban J connectivity index is 0.000000296. The monoisotopic (exact) mass is 590 g/mol. The second-order valence-electron chi connectivity index (χ2n) is 9.45. The summed E-state index contributed by atoms with van der Waals surface area (Å²) in [6.45, 7) is 5.67. The number of nitrogens with one attached hydrogen (secondary N) is 2. The van der Waals surface area contributed by atoms with E-state index in [4.69, 9.17) is 14.6 Å². The molecule has 4 amide bonds. The van der Waals surface area contributed by atoms with E-state index in [1.165, 1.54) is 18.3 Å². The van der Waals surface area contributed by atoms with Crippen LogP contribution < -0.4 is 20.1 Å². The molecule has 14 nitrogen and oxygen atoms in total. The third-order valence-corrected chi connectivity index (χ3v) is 6.54. The Hall–Kier alpha value is -5.24. The number of carbonyl (C=O) groups excluding carboxylic acids is 4. The Morgan fingerprint density at radius 2 is 1.60 bits per heavy atom. The zero-order valence-electron chi connectivity index (χ0n) is 23.5. The lowest BCUT2D eigenvalue weighted by Crippen LogP contribution is -2.50. The number of rotatable bonds is 8. The molecular weight excluding hydrogens is 560 g/mol. The van der Waals surface area contributed by atoms with Crippen molar-refractivity contribution < 1.29 is 38.6 Å².